The largest absolute Gasteiger partial charge is 0.369 e. The molecule has 2 rings (SSSR count). The first-order valence-electron chi connectivity index (χ1n) is 7.02. The van der Waals surface area contributed by atoms with Crippen LogP contribution in [0, 0.1) is 13.8 Å². The van der Waals surface area contributed by atoms with Gasteiger partial charge in [0.05, 0.1) is 5.69 Å². The molecule has 110 valence electrons. The van der Waals surface area contributed by atoms with Crippen molar-refractivity contribution in [2.75, 3.05) is 5.73 Å². The number of benzene rings is 1. The third-order valence-corrected chi connectivity index (χ3v) is 3.48. The molecule has 0 amide bonds. The zero-order valence-corrected chi connectivity index (χ0v) is 13.3. The Labute approximate surface area is 127 Å². The van der Waals surface area contributed by atoms with E-state index in [1.807, 2.05) is 0 Å². The molecular formula is C16H24ClN3. The highest BCUT2D eigenvalue weighted by atomic mass is 35.5. The Kier molecular flexibility index (Phi) is 6.08. The van der Waals surface area contributed by atoms with Gasteiger partial charge >= 0.3 is 0 Å². The maximum Gasteiger partial charge on any atom is 0.200 e. The molecule has 3 nitrogen and oxygen atoms in total. The number of hydrogen-bond donors (Lipinski definition) is 1. The van der Waals surface area contributed by atoms with E-state index in [4.69, 9.17) is 5.73 Å². The number of halogens is 1. The molecule has 20 heavy (non-hydrogen) atoms. The first-order chi connectivity index (χ1) is 9.11. The maximum atomic E-state index is 6.00. The average molecular weight is 294 g/mol. The van der Waals surface area contributed by atoms with Crippen LogP contribution in [-0.2, 0) is 6.54 Å². The van der Waals surface area contributed by atoms with Crippen molar-refractivity contribution in [1.29, 1.82) is 0 Å². The van der Waals surface area contributed by atoms with Crippen LogP contribution in [0.1, 0.15) is 37.3 Å². The number of unbranched alkanes of at least 4 members (excludes halogenated alkanes) is 2. The second-order valence-electron chi connectivity index (χ2n) is 5.20. The molecule has 1 aromatic heterocycles. The summed E-state index contributed by atoms with van der Waals surface area (Å²) in [6.45, 7) is 7.38. The van der Waals surface area contributed by atoms with Gasteiger partial charge < -0.3 is 10.3 Å². The van der Waals surface area contributed by atoms with Crippen molar-refractivity contribution in [3.63, 3.8) is 0 Å². The van der Waals surface area contributed by atoms with Gasteiger partial charge in [-0.3, -0.25) is 0 Å². The van der Waals surface area contributed by atoms with Crippen molar-refractivity contribution in [2.45, 2.75) is 46.6 Å². The molecule has 0 bridgehead atoms. The van der Waals surface area contributed by atoms with Crippen LogP contribution in [0.2, 0.25) is 0 Å². The highest BCUT2D eigenvalue weighted by Crippen LogP contribution is 2.24. The van der Waals surface area contributed by atoms with Gasteiger partial charge in [0.2, 0.25) is 5.95 Å². The molecule has 0 radical (unpaired) electrons. The number of nitrogens with two attached hydrogens (primary N) is 1. The Bertz CT molecular complexity index is 561. The third-order valence-electron chi connectivity index (χ3n) is 3.48. The summed E-state index contributed by atoms with van der Waals surface area (Å²) in [6, 6.07) is 6.44. The summed E-state index contributed by atoms with van der Waals surface area (Å²) >= 11 is 0. The fourth-order valence-corrected chi connectivity index (χ4v) is 2.28. The number of hydrogen-bond acceptors (Lipinski definition) is 2. The molecule has 0 aliphatic heterocycles. The molecule has 2 aromatic rings. The van der Waals surface area contributed by atoms with Gasteiger partial charge in [0, 0.05) is 18.3 Å². The van der Waals surface area contributed by atoms with Crippen LogP contribution in [0.15, 0.2) is 24.4 Å². The van der Waals surface area contributed by atoms with Gasteiger partial charge in [0.1, 0.15) is 0 Å². The summed E-state index contributed by atoms with van der Waals surface area (Å²) in [5.74, 6) is 0.618. The lowest BCUT2D eigenvalue weighted by Crippen LogP contribution is -2.02. The summed E-state index contributed by atoms with van der Waals surface area (Å²) in [7, 11) is 0. The minimum absolute atomic E-state index is 0. The zero-order chi connectivity index (χ0) is 13.8. The van der Waals surface area contributed by atoms with E-state index in [1.54, 1.807) is 0 Å². The van der Waals surface area contributed by atoms with Crippen molar-refractivity contribution >= 4 is 18.4 Å². The summed E-state index contributed by atoms with van der Waals surface area (Å²) in [5.41, 5.74) is 10.7. The zero-order valence-electron chi connectivity index (χ0n) is 12.5. The average Bonchev–Trinajstić information content (AvgIpc) is 2.74. The smallest absolute Gasteiger partial charge is 0.200 e. The predicted molar refractivity (Wildman–Crippen MR) is 88.3 cm³/mol. The van der Waals surface area contributed by atoms with E-state index in [1.165, 1.54) is 29.5 Å². The van der Waals surface area contributed by atoms with Gasteiger partial charge in [-0.2, -0.15) is 0 Å². The summed E-state index contributed by atoms with van der Waals surface area (Å²) in [6.07, 6.45) is 5.69. The SMILES string of the molecule is CCCCCn1cc(-c2cc(C)ccc2C)nc1N.Cl. The molecule has 0 atom stereocenters. The molecule has 1 heterocycles. The second kappa shape index (κ2) is 7.34. The van der Waals surface area contributed by atoms with E-state index in [-0.39, 0.29) is 12.4 Å². The second-order valence-corrected chi connectivity index (χ2v) is 5.20. The van der Waals surface area contributed by atoms with Crippen LogP contribution in [0.4, 0.5) is 5.95 Å². The van der Waals surface area contributed by atoms with E-state index in [0.29, 0.717) is 5.95 Å². The number of nitrogen functional groups attached to an aromatic ring is 1. The lowest BCUT2D eigenvalue weighted by molar-refractivity contribution is 0.608. The number of nitrogens with zero attached hydrogens (tertiary/aromatic N) is 2. The Balaban J connectivity index is 0.00000200. The van der Waals surface area contributed by atoms with E-state index >= 15 is 0 Å². The first kappa shape index (κ1) is 16.6. The monoisotopic (exact) mass is 293 g/mol. The van der Waals surface area contributed by atoms with Crippen molar-refractivity contribution in [1.82, 2.24) is 9.55 Å². The number of anilines is 1. The lowest BCUT2D eigenvalue weighted by Gasteiger charge is -2.04. The normalized spacial score (nSPS) is 10.3. The fraction of sp³-hybridized carbons (Fsp3) is 0.438. The molecule has 0 fully saturated rings. The molecule has 0 aliphatic carbocycles. The van der Waals surface area contributed by atoms with Gasteiger partial charge in [0.25, 0.3) is 0 Å². The Morgan fingerprint density at radius 3 is 2.65 bits per heavy atom. The minimum Gasteiger partial charge on any atom is -0.369 e. The van der Waals surface area contributed by atoms with Crippen molar-refractivity contribution in [2.24, 2.45) is 0 Å². The van der Waals surface area contributed by atoms with E-state index in [9.17, 15) is 0 Å². The van der Waals surface area contributed by atoms with Crippen LogP contribution in [0.5, 0.6) is 0 Å². The molecule has 4 heteroatoms. The van der Waals surface area contributed by atoms with Gasteiger partial charge in [-0.25, -0.2) is 4.98 Å². The Morgan fingerprint density at radius 2 is 1.95 bits per heavy atom. The van der Waals surface area contributed by atoms with Gasteiger partial charge in [-0.1, -0.05) is 37.5 Å². The van der Waals surface area contributed by atoms with Gasteiger partial charge in [-0.15, -0.1) is 12.4 Å². The molecule has 0 unspecified atom stereocenters. The Hall–Kier alpha value is -1.48. The van der Waals surface area contributed by atoms with Crippen molar-refractivity contribution in [3.8, 4) is 11.3 Å². The minimum atomic E-state index is 0. The molecule has 2 N–H and O–H groups in total. The van der Waals surface area contributed by atoms with Crippen LogP contribution in [-0.4, -0.2) is 9.55 Å². The van der Waals surface area contributed by atoms with E-state index < -0.39 is 0 Å². The quantitative estimate of drug-likeness (QED) is 0.832. The number of rotatable bonds is 5. The fourth-order valence-electron chi connectivity index (χ4n) is 2.28. The van der Waals surface area contributed by atoms with Gasteiger partial charge in [0.15, 0.2) is 0 Å². The number of aromatic nitrogens is 2. The van der Waals surface area contributed by atoms with Crippen molar-refractivity contribution < 1.29 is 0 Å². The molecule has 0 saturated heterocycles. The summed E-state index contributed by atoms with van der Waals surface area (Å²) in [4.78, 5) is 4.50. The summed E-state index contributed by atoms with van der Waals surface area (Å²) < 4.78 is 2.06. The van der Waals surface area contributed by atoms with Gasteiger partial charge in [-0.05, 0) is 31.9 Å². The third kappa shape index (κ3) is 3.76. The predicted octanol–water partition coefficient (Wildman–Crippen LogP) is 4.36. The van der Waals surface area contributed by atoms with Crippen LogP contribution in [0.25, 0.3) is 11.3 Å². The van der Waals surface area contributed by atoms with E-state index in [0.717, 1.165) is 18.7 Å². The first-order valence-corrected chi connectivity index (χ1v) is 7.02. The maximum absolute atomic E-state index is 6.00. The van der Waals surface area contributed by atoms with E-state index in [2.05, 4.69) is 54.7 Å². The molecule has 0 saturated carbocycles. The highest BCUT2D eigenvalue weighted by molar-refractivity contribution is 5.85. The van der Waals surface area contributed by atoms with Crippen LogP contribution in [0.3, 0.4) is 0 Å². The van der Waals surface area contributed by atoms with Crippen LogP contribution < -0.4 is 5.73 Å². The number of aryl methyl sites for hydroxylation is 3. The lowest BCUT2D eigenvalue weighted by atomic mass is 10.0. The topological polar surface area (TPSA) is 43.8 Å². The number of imidazole rings is 1. The van der Waals surface area contributed by atoms with Crippen molar-refractivity contribution in [3.05, 3.63) is 35.5 Å². The van der Waals surface area contributed by atoms with Crippen LogP contribution >= 0.6 is 12.4 Å². The highest BCUT2D eigenvalue weighted by Gasteiger charge is 2.09. The Morgan fingerprint density at radius 1 is 1.20 bits per heavy atom. The summed E-state index contributed by atoms with van der Waals surface area (Å²) in [5, 5.41) is 0. The standard InChI is InChI=1S/C16H23N3.ClH/c1-4-5-6-9-19-11-15(18-16(19)17)14-10-12(2)7-8-13(14)3;/h7-8,10-11H,4-6,9H2,1-3H3,(H2,17,18);1H. The molecule has 0 aliphatic rings. The molecular weight excluding hydrogens is 270 g/mol. The molecule has 1 aromatic carbocycles. The molecule has 0 spiro atoms.